The molecule has 0 amide bonds. The van der Waals surface area contributed by atoms with Crippen LogP contribution >= 0.6 is 11.3 Å². The van der Waals surface area contributed by atoms with Crippen LogP contribution in [0.2, 0.25) is 0 Å². The SMILES string of the molecule is N#C/C(=C\Nc1ccc(F)c([N+](=O)[O-])c1)c1nc(-c2ccccc2)cs1. The van der Waals surface area contributed by atoms with Crippen molar-refractivity contribution in [2.75, 3.05) is 5.32 Å². The number of rotatable bonds is 5. The Labute approximate surface area is 152 Å². The fourth-order valence-electron chi connectivity index (χ4n) is 2.18. The molecule has 6 nitrogen and oxygen atoms in total. The minimum Gasteiger partial charge on any atom is -0.360 e. The molecule has 128 valence electrons. The Bertz CT molecular complexity index is 1030. The Kier molecular flexibility index (Phi) is 5.01. The van der Waals surface area contributed by atoms with Crippen LogP contribution in [0.3, 0.4) is 0 Å². The van der Waals surface area contributed by atoms with Gasteiger partial charge in [0.15, 0.2) is 0 Å². The first-order valence-corrected chi connectivity index (χ1v) is 8.28. The largest absolute Gasteiger partial charge is 0.360 e. The fraction of sp³-hybridized carbons (Fsp3) is 0. The van der Waals surface area contributed by atoms with Crippen molar-refractivity contribution in [2.45, 2.75) is 0 Å². The molecule has 1 aromatic heterocycles. The van der Waals surface area contributed by atoms with E-state index in [1.165, 1.54) is 23.6 Å². The lowest BCUT2D eigenvalue weighted by molar-refractivity contribution is -0.387. The second-order valence-corrected chi connectivity index (χ2v) is 6.00. The third-order valence-corrected chi connectivity index (χ3v) is 4.33. The van der Waals surface area contributed by atoms with Crippen LogP contribution in [0.5, 0.6) is 0 Å². The predicted molar refractivity (Wildman–Crippen MR) is 97.8 cm³/mol. The maximum Gasteiger partial charge on any atom is 0.306 e. The van der Waals surface area contributed by atoms with Crippen molar-refractivity contribution >= 4 is 28.3 Å². The normalized spacial score (nSPS) is 11.0. The van der Waals surface area contributed by atoms with Gasteiger partial charge in [0.2, 0.25) is 5.82 Å². The first kappa shape index (κ1) is 17.3. The van der Waals surface area contributed by atoms with Gasteiger partial charge in [-0.3, -0.25) is 10.1 Å². The van der Waals surface area contributed by atoms with Gasteiger partial charge in [-0.05, 0) is 12.1 Å². The highest BCUT2D eigenvalue weighted by molar-refractivity contribution is 7.11. The van der Waals surface area contributed by atoms with Crippen molar-refractivity contribution < 1.29 is 9.31 Å². The van der Waals surface area contributed by atoms with Crippen LogP contribution < -0.4 is 5.32 Å². The maximum atomic E-state index is 13.4. The highest BCUT2D eigenvalue weighted by atomic mass is 32.1. The number of halogens is 1. The van der Waals surface area contributed by atoms with Gasteiger partial charge >= 0.3 is 5.69 Å². The molecule has 1 heterocycles. The Morgan fingerprint density at radius 1 is 1.31 bits per heavy atom. The minimum absolute atomic E-state index is 0.268. The highest BCUT2D eigenvalue weighted by Crippen LogP contribution is 2.26. The van der Waals surface area contributed by atoms with Gasteiger partial charge < -0.3 is 5.32 Å². The molecule has 0 bridgehead atoms. The predicted octanol–water partition coefficient (Wildman–Crippen LogP) is 4.83. The zero-order valence-corrected chi connectivity index (χ0v) is 14.0. The third-order valence-electron chi connectivity index (χ3n) is 3.45. The van der Waals surface area contributed by atoms with Crippen molar-refractivity contribution in [3.05, 3.63) is 81.1 Å². The number of nitriles is 1. The van der Waals surface area contributed by atoms with Gasteiger partial charge in [0.05, 0.1) is 10.6 Å². The van der Waals surface area contributed by atoms with Crippen molar-refractivity contribution in [2.24, 2.45) is 0 Å². The van der Waals surface area contributed by atoms with E-state index in [0.717, 1.165) is 23.4 Å². The Balaban J connectivity index is 1.84. The number of nitro groups is 1. The molecule has 0 aliphatic rings. The molecule has 0 fully saturated rings. The number of benzene rings is 2. The van der Waals surface area contributed by atoms with E-state index < -0.39 is 16.4 Å². The number of nitrogens with one attached hydrogen (secondary N) is 1. The quantitative estimate of drug-likeness (QED) is 0.396. The maximum absolute atomic E-state index is 13.4. The van der Waals surface area contributed by atoms with Crippen LogP contribution in [-0.4, -0.2) is 9.91 Å². The van der Waals surface area contributed by atoms with Crippen molar-refractivity contribution in [3.8, 4) is 17.3 Å². The van der Waals surface area contributed by atoms with E-state index in [1.54, 1.807) is 0 Å². The lowest BCUT2D eigenvalue weighted by Crippen LogP contribution is -1.96. The molecular formula is C18H11FN4O2S. The second kappa shape index (κ2) is 7.55. The van der Waals surface area contributed by atoms with Crippen LogP contribution in [0.25, 0.3) is 16.8 Å². The Morgan fingerprint density at radius 3 is 2.77 bits per heavy atom. The molecule has 2 aromatic carbocycles. The molecule has 3 aromatic rings. The third kappa shape index (κ3) is 3.74. The summed E-state index contributed by atoms with van der Waals surface area (Å²) in [5, 5.41) is 25.3. The summed E-state index contributed by atoms with van der Waals surface area (Å²) in [6.45, 7) is 0. The highest BCUT2D eigenvalue weighted by Gasteiger charge is 2.14. The summed E-state index contributed by atoms with van der Waals surface area (Å²) in [5.41, 5.74) is 1.62. The zero-order valence-electron chi connectivity index (χ0n) is 13.2. The number of anilines is 1. The van der Waals surface area contributed by atoms with E-state index in [9.17, 15) is 19.8 Å². The second-order valence-electron chi connectivity index (χ2n) is 5.14. The van der Waals surface area contributed by atoms with E-state index in [0.29, 0.717) is 10.7 Å². The van der Waals surface area contributed by atoms with Crippen molar-refractivity contribution in [3.63, 3.8) is 0 Å². The van der Waals surface area contributed by atoms with E-state index in [-0.39, 0.29) is 5.57 Å². The van der Waals surface area contributed by atoms with Gasteiger partial charge in [0.25, 0.3) is 0 Å². The molecule has 26 heavy (non-hydrogen) atoms. The molecule has 0 aliphatic carbocycles. The summed E-state index contributed by atoms with van der Waals surface area (Å²) >= 11 is 1.31. The molecule has 0 radical (unpaired) electrons. The van der Waals surface area contributed by atoms with Crippen molar-refractivity contribution in [1.29, 1.82) is 5.26 Å². The van der Waals surface area contributed by atoms with Crippen LogP contribution in [0.4, 0.5) is 15.8 Å². The Hall–Kier alpha value is -3.57. The molecule has 0 saturated carbocycles. The summed E-state index contributed by atoms with van der Waals surface area (Å²) in [6.07, 6.45) is 1.39. The molecule has 0 atom stereocenters. The number of hydrogen-bond donors (Lipinski definition) is 1. The molecular weight excluding hydrogens is 355 g/mol. The van der Waals surface area contributed by atoms with Crippen LogP contribution in [0.15, 0.2) is 60.1 Å². The summed E-state index contributed by atoms with van der Waals surface area (Å²) in [7, 11) is 0. The van der Waals surface area contributed by atoms with Gasteiger partial charge in [-0.15, -0.1) is 11.3 Å². The number of nitro benzene ring substituents is 1. The number of nitrogens with zero attached hydrogens (tertiary/aromatic N) is 3. The van der Waals surface area contributed by atoms with Gasteiger partial charge in [-0.1, -0.05) is 30.3 Å². The van der Waals surface area contributed by atoms with Gasteiger partial charge in [-0.2, -0.15) is 9.65 Å². The summed E-state index contributed by atoms with van der Waals surface area (Å²) < 4.78 is 13.4. The van der Waals surface area contributed by atoms with E-state index in [4.69, 9.17) is 0 Å². The lowest BCUT2D eigenvalue weighted by Gasteiger charge is -2.02. The molecule has 0 spiro atoms. The molecule has 0 aliphatic heterocycles. The van der Waals surface area contributed by atoms with Crippen molar-refractivity contribution in [1.82, 2.24) is 4.98 Å². The summed E-state index contributed by atoms with van der Waals surface area (Å²) in [4.78, 5) is 14.4. The van der Waals surface area contributed by atoms with Crippen LogP contribution in [0.1, 0.15) is 5.01 Å². The van der Waals surface area contributed by atoms with Gasteiger partial charge in [0, 0.05) is 28.9 Å². The van der Waals surface area contributed by atoms with Gasteiger partial charge in [0.1, 0.15) is 16.6 Å². The summed E-state index contributed by atoms with van der Waals surface area (Å²) in [6, 6.07) is 15.0. The number of aromatic nitrogens is 1. The lowest BCUT2D eigenvalue weighted by atomic mass is 10.2. The standard InChI is InChI=1S/C18H11FN4O2S/c19-15-7-6-14(8-17(15)23(24)25)21-10-13(9-20)18-22-16(11-26-18)12-4-2-1-3-5-12/h1-8,10-11,21H/b13-10+. The molecule has 8 heteroatoms. The smallest absolute Gasteiger partial charge is 0.306 e. The number of allylic oxidation sites excluding steroid dienone is 1. The first-order valence-electron chi connectivity index (χ1n) is 7.40. The number of hydrogen-bond acceptors (Lipinski definition) is 6. The molecule has 0 saturated heterocycles. The zero-order chi connectivity index (χ0) is 18.5. The van der Waals surface area contributed by atoms with Gasteiger partial charge in [-0.25, -0.2) is 4.98 Å². The van der Waals surface area contributed by atoms with Crippen LogP contribution in [-0.2, 0) is 0 Å². The fourth-order valence-corrected chi connectivity index (χ4v) is 2.97. The van der Waals surface area contributed by atoms with E-state index in [2.05, 4.69) is 10.3 Å². The number of thiazole rings is 1. The summed E-state index contributed by atoms with van der Waals surface area (Å²) in [5.74, 6) is -0.919. The average Bonchev–Trinajstić information content (AvgIpc) is 3.14. The van der Waals surface area contributed by atoms with Crippen LogP contribution in [0, 0.1) is 27.3 Å². The molecule has 3 rings (SSSR count). The Morgan fingerprint density at radius 2 is 2.08 bits per heavy atom. The monoisotopic (exact) mass is 366 g/mol. The first-order chi connectivity index (χ1) is 12.6. The average molecular weight is 366 g/mol. The molecule has 0 unspecified atom stereocenters. The topological polar surface area (TPSA) is 91.8 Å². The van der Waals surface area contributed by atoms with E-state index >= 15 is 0 Å². The van der Waals surface area contributed by atoms with E-state index in [1.807, 2.05) is 41.8 Å². The molecule has 1 N–H and O–H groups in total. The minimum atomic E-state index is -0.919.